The van der Waals surface area contributed by atoms with Crippen LogP contribution in [0.4, 0.5) is 17.6 Å². The first-order valence-corrected chi connectivity index (χ1v) is 8.24. The Morgan fingerprint density at radius 2 is 1.90 bits per heavy atom. The third-order valence-electron chi connectivity index (χ3n) is 1.76. The van der Waals surface area contributed by atoms with Gasteiger partial charge in [-0.3, -0.25) is 4.57 Å². The normalized spacial score (nSPS) is 14.1. The smallest absolute Gasteiger partial charge is 0.312 e. The van der Waals surface area contributed by atoms with Crippen LogP contribution in [0.25, 0.3) is 0 Å². The molecule has 6 nitrogen and oxygen atoms in total. The average Bonchev–Trinajstić information content (AvgIpc) is 2.33. The van der Waals surface area contributed by atoms with Gasteiger partial charge < -0.3 is 4.52 Å². The zero-order valence-electron chi connectivity index (χ0n) is 10.0. The summed E-state index contributed by atoms with van der Waals surface area (Å²) in [5.41, 5.74) is -4.85. The second kappa shape index (κ2) is 7.07. The average molecular weight is 370 g/mol. The zero-order valence-corrected chi connectivity index (χ0v) is 12.6. The maximum absolute atomic E-state index is 13.0. The first-order chi connectivity index (χ1) is 9.55. The van der Waals surface area contributed by atoms with Crippen LogP contribution in [0.15, 0.2) is 28.0 Å². The minimum absolute atomic E-state index is 0.369. The van der Waals surface area contributed by atoms with E-state index in [1.165, 1.54) is 0 Å². The number of thioether (sulfide) groups is 1. The van der Waals surface area contributed by atoms with E-state index in [0.29, 0.717) is 18.2 Å². The summed E-state index contributed by atoms with van der Waals surface area (Å²) in [6, 6.07) is 1.55. The lowest BCUT2D eigenvalue weighted by Crippen LogP contribution is -2.09. The van der Waals surface area contributed by atoms with Crippen molar-refractivity contribution < 1.29 is 44.1 Å². The van der Waals surface area contributed by atoms with E-state index < -0.39 is 51.3 Å². The van der Waals surface area contributed by atoms with Crippen LogP contribution >= 0.6 is 20.0 Å². The van der Waals surface area contributed by atoms with Gasteiger partial charge in [-0.2, -0.15) is 21.6 Å². The highest BCUT2D eigenvalue weighted by Crippen LogP contribution is 2.41. The molecule has 0 saturated heterocycles. The summed E-state index contributed by atoms with van der Waals surface area (Å²) in [7, 11) is -7.20. The summed E-state index contributed by atoms with van der Waals surface area (Å²) in [6.07, 6.45) is 0. The zero-order chi connectivity index (χ0) is 16.3. The van der Waals surface area contributed by atoms with Crippen molar-refractivity contribution in [1.29, 1.82) is 0 Å². The van der Waals surface area contributed by atoms with Gasteiger partial charge in [-0.05, 0) is 30.0 Å². The Labute approximate surface area is 121 Å². The van der Waals surface area contributed by atoms with E-state index in [1.54, 1.807) is 0 Å². The molecule has 1 rings (SSSR count). The first kappa shape index (κ1) is 18.4. The van der Waals surface area contributed by atoms with E-state index in [4.69, 9.17) is 0 Å². The lowest BCUT2D eigenvalue weighted by molar-refractivity contribution is -0.0964. The van der Waals surface area contributed by atoms with Crippen LogP contribution in [-0.4, -0.2) is 21.0 Å². The standard InChI is InChI=1S/C8H7F4O6PS2/c1-16-19(13)17-18-21(14,15)7-3-2-5(9)4-6(7)20-8(10,11)12/h2-4,19H,1H3. The molecule has 1 unspecified atom stereocenters. The summed E-state index contributed by atoms with van der Waals surface area (Å²) in [6.45, 7) is 0. The number of rotatable bonds is 6. The van der Waals surface area contributed by atoms with Crippen LogP contribution in [0.3, 0.4) is 0 Å². The first-order valence-electron chi connectivity index (χ1n) is 4.79. The molecule has 0 fully saturated rings. The summed E-state index contributed by atoms with van der Waals surface area (Å²) >= 11 is -0.847. The van der Waals surface area contributed by atoms with Gasteiger partial charge in [-0.25, -0.2) is 4.39 Å². The van der Waals surface area contributed by atoms with E-state index in [2.05, 4.69) is 13.5 Å². The molecular weight excluding hydrogens is 363 g/mol. The number of hydrogen-bond donors (Lipinski definition) is 0. The predicted octanol–water partition coefficient (Wildman–Crippen LogP) is 3.11. The SMILES string of the molecule is CO[PH](=O)OOS(=O)(=O)c1ccc(F)cc1SC(F)(F)F. The second-order valence-corrected chi connectivity index (χ2v) is 6.86. The van der Waals surface area contributed by atoms with Crippen LogP contribution in [-0.2, 0) is 28.2 Å². The van der Waals surface area contributed by atoms with Crippen LogP contribution in [0.5, 0.6) is 0 Å². The topological polar surface area (TPSA) is 78.9 Å². The maximum Gasteiger partial charge on any atom is 0.446 e. The van der Waals surface area contributed by atoms with Gasteiger partial charge in [0.2, 0.25) is 0 Å². The highest BCUT2D eigenvalue weighted by molar-refractivity contribution is 8.00. The molecule has 0 aliphatic heterocycles. The van der Waals surface area contributed by atoms with E-state index in [9.17, 15) is 30.5 Å². The van der Waals surface area contributed by atoms with Crippen molar-refractivity contribution in [3.8, 4) is 0 Å². The summed E-state index contributed by atoms with van der Waals surface area (Å²) < 4.78 is 95.8. The molecule has 0 bridgehead atoms. The molecule has 1 aromatic rings. The molecule has 1 aromatic carbocycles. The number of halogens is 4. The van der Waals surface area contributed by atoms with Gasteiger partial charge in [0.05, 0.1) is 0 Å². The molecule has 0 amide bonds. The fourth-order valence-electron chi connectivity index (χ4n) is 1.04. The van der Waals surface area contributed by atoms with Gasteiger partial charge in [0.1, 0.15) is 10.7 Å². The summed E-state index contributed by atoms with van der Waals surface area (Å²) in [4.78, 5) is -1.94. The molecule has 21 heavy (non-hydrogen) atoms. The summed E-state index contributed by atoms with van der Waals surface area (Å²) in [5, 5.41) is 0. The minimum atomic E-state index is -4.85. The fraction of sp³-hybridized carbons (Fsp3) is 0.250. The van der Waals surface area contributed by atoms with Gasteiger partial charge in [-0.1, -0.05) is 4.33 Å². The number of hydrogen-bond acceptors (Lipinski definition) is 7. The quantitative estimate of drug-likeness (QED) is 0.250. The van der Waals surface area contributed by atoms with Crippen molar-refractivity contribution in [2.24, 2.45) is 0 Å². The van der Waals surface area contributed by atoms with Crippen molar-refractivity contribution in [2.45, 2.75) is 15.3 Å². The predicted molar refractivity (Wildman–Crippen MR) is 63.7 cm³/mol. The monoisotopic (exact) mass is 370 g/mol. The molecule has 0 saturated carbocycles. The number of alkyl halides is 3. The number of benzene rings is 1. The molecule has 0 aromatic heterocycles. The van der Waals surface area contributed by atoms with Crippen molar-refractivity contribution >= 4 is 30.1 Å². The van der Waals surface area contributed by atoms with Gasteiger partial charge in [0.15, 0.2) is 0 Å². The highest BCUT2D eigenvalue weighted by Gasteiger charge is 2.33. The largest absolute Gasteiger partial charge is 0.446 e. The molecule has 0 aliphatic rings. The fourth-order valence-corrected chi connectivity index (χ4v) is 3.32. The van der Waals surface area contributed by atoms with Crippen LogP contribution < -0.4 is 0 Å². The van der Waals surface area contributed by atoms with Crippen molar-refractivity contribution in [1.82, 2.24) is 0 Å². The van der Waals surface area contributed by atoms with Gasteiger partial charge >= 0.3 is 23.9 Å². The Morgan fingerprint density at radius 1 is 1.29 bits per heavy atom. The van der Waals surface area contributed by atoms with Crippen LogP contribution in [0, 0.1) is 5.82 Å². The van der Waals surface area contributed by atoms with E-state index >= 15 is 0 Å². The molecule has 120 valence electrons. The van der Waals surface area contributed by atoms with Gasteiger partial charge in [0, 0.05) is 12.0 Å². The lowest BCUT2D eigenvalue weighted by atomic mass is 10.3. The lowest BCUT2D eigenvalue weighted by Gasteiger charge is -2.11. The molecule has 0 spiro atoms. The molecule has 0 heterocycles. The third-order valence-corrected chi connectivity index (χ3v) is 4.49. The molecule has 0 aliphatic carbocycles. The van der Waals surface area contributed by atoms with Crippen LogP contribution in [0.1, 0.15) is 0 Å². The van der Waals surface area contributed by atoms with Crippen molar-refractivity contribution in [3.63, 3.8) is 0 Å². The minimum Gasteiger partial charge on any atom is -0.312 e. The van der Waals surface area contributed by atoms with E-state index in [-0.39, 0.29) is 0 Å². The molecule has 1 atom stereocenters. The van der Waals surface area contributed by atoms with Crippen LogP contribution in [0.2, 0.25) is 0 Å². The van der Waals surface area contributed by atoms with Crippen molar-refractivity contribution in [2.75, 3.05) is 7.11 Å². The molecular formula is C8H7F4O6PS2. The third kappa shape index (κ3) is 5.93. The van der Waals surface area contributed by atoms with Crippen molar-refractivity contribution in [3.05, 3.63) is 24.0 Å². The summed E-state index contributed by atoms with van der Waals surface area (Å²) in [5.74, 6) is -1.08. The van der Waals surface area contributed by atoms with E-state index in [1.807, 2.05) is 0 Å². The highest BCUT2D eigenvalue weighted by atomic mass is 32.2. The van der Waals surface area contributed by atoms with E-state index in [0.717, 1.165) is 7.11 Å². The Kier molecular flexibility index (Phi) is 6.20. The molecule has 0 N–H and O–H groups in total. The molecule has 0 radical (unpaired) electrons. The Balaban J connectivity index is 3.13. The maximum atomic E-state index is 13.0. The Bertz CT molecular complexity index is 632. The Hall–Kier alpha value is -0.650. The Morgan fingerprint density at radius 3 is 2.43 bits per heavy atom. The van der Waals surface area contributed by atoms with Gasteiger partial charge in [0.25, 0.3) is 0 Å². The van der Waals surface area contributed by atoms with Gasteiger partial charge in [-0.15, -0.1) is 4.67 Å². The second-order valence-electron chi connectivity index (χ2n) is 3.20. The molecule has 13 heteroatoms.